The molecule has 6 rings (SSSR count). The Kier molecular flexibility index (Phi) is 7.24. The molecular weight excluding hydrogens is 532 g/mol. The first-order chi connectivity index (χ1) is 20.4. The highest BCUT2D eigenvalue weighted by Gasteiger charge is 2.25. The first-order valence-corrected chi connectivity index (χ1v) is 13.6. The number of nitrogens with two attached hydrogens (primary N) is 1. The molecule has 0 spiro atoms. The first-order valence-electron chi connectivity index (χ1n) is 13.6. The van der Waals surface area contributed by atoms with E-state index in [4.69, 9.17) is 10.5 Å². The van der Waals surface area contributed by atoms with Crippen LogP contribution in [-0.2, 0) is 4.79 Å². The molecule has 0 aliphatic heterocycles. The van der Waals surface area contributed by atoms with E-state index in [2.05, 4.69) is 26.9 Å². The van der Waals surface area contributed by atoms with Crippen molar-refractivity contribution in [2.45, 2.75) is 18.9 Å². The normalized spacial score (nSPS) is 13.2. The van der Waals surface area contributed by atoms with Gasteiger partial charge in [0.2, 0.25) is 11.8 Å². The van der Waals surface area contributed by atoms with Crippen LogP contribution in [0.15, 0.2) is 96.2 Å². The summed E-state index contributed by atoms with van der Waals surface area (Å²) in [4.78, 5) is 43.5. The van der Waals surface area contributed by atoms with Gasteiger partial charge >= 0.3 is 5.69 Å². The third kappa shape index (κ3) is 5.37. The van der Waals surface area contributed by atoms with Crippen LogP contribution in [0.3, 0.4) is 0 Å². The highest BCUT2D eigenvalue weighted by molar-refractivity contribution is 6.01. The number of likely N-dealkylation sites (N-methyl/N-ethyl adjacent to an activating group) is 2. The maximum atomic E-state index is 13.9. The van der Waals surface area contributed by atoms with Gasteiger partial charge in [-0.15, -0.1) is 0 Å². The predicted octanol–water partition coefficient (Wildman–Crippen LogP) is 3.95. The second-order valence-corrected chi connectivity index (χ2v) is 10.1. The number of carbonyl (C=O) groups excluding carboxylic acids is 1. The topological polar surface area (TPSA) is 124 Å². The number of anilines is 2. The number of fused-ring (bicyclic) bond motifs is 1. The number of amides is 1. The number of benzene rings is 2. The maximum Gasteiger partial charge on any atom is 0.339 e. The van der Waals surface area contributed by atoms with Crippen molar-refractivity contribution in [2.75, 3.05) is 31.3 Å². The summed E-state index contributed by atoms with van der Waals surface area (Å²) in [6.45, 7) is 0.717. The molecule has 11 heteroatoms. The lowest BCUT2D eigenvalue weighted by atomic mass is 10.2. The van der Waals surface area contributed by atoms with Gasteiger partial charge in [-0.1, -0.05) is 30.3 Å². The lowest BCUT2D eigenvalue weighted by Gasteiger charge is -2.17. The molecule has 0 radical (unpaired) electrons. The van der Waals surface area contributed by atoms with Gasteiger partial charge in [-0.25, -0.2) is 24.3 Å². The molecule has 11 nitrogen and oxygen atoms in total. The van der Waals surface area contributed by atoms with Crippen molar-refractivity contribution in [1.82, 2.24) is 29.0 Å². The van der Waals surface area contributed by atoms with E-state index in [1.807, 2.05) is 42.5 Å². The Balaban J connectivity index is 1.33. The van der Waals surface area contributed by atoms with Gasteiger partial charge in [-0.3, -0.25) is 14.3 Å². The molecule has 42 heavy (non-hydrogen) atoms. The van der Waals surface area contributed by atoms with Gasteiger partial charge in [-0.05, 0) is 56.3 Å². The van der Waals surface area contributed by atoms with Crippen LogP contribution in [-0.4, -0.2) is 61.6 Å². The zero-order valence-electron chi connectivity index (χ0n) is 23.3. The highest BCUT2D eigenvalue weighted by atomic mass is 16.5. The Morgan fingerprint density at radius 2 is 1.81 bits per heavy atom. The van der Waals surface area contributed by atoms with Crippen molar-refractivity contribution in [3.05, 3.63) is 102 Å². The lowest BCUT2D eigenvalue weighted by molar-refractivity contribution is -0.113. The molecule has 0 unspecified atom stereocenters. The van der Waals surface area contributed by atoms with Crippen LogP contribution in [0.2, 0.25) is 0 Å². The van der Waals surface area contributed by atoms with Crippen LogP contribution in [0, 0.1) is 0 Å². The van der Waals surface area contributed by atoms with Crippen LogP contribution in [0.4, 0.5) is 11.5 Å². The van der Waals surface area contributed by atoms with E-state index >= 15 is 0 Å². The third-order valence-corrected chi connectivity index (χ3v) is 7.22. The molecule has 1 aliphatic carbocycles. The summed E-state index contributed by atoms with van der Waals surface area (Å²) in [5.41, 5.74) is 8.13. The average molecular weight is 563 g/mol. The number of rotatable bonds is 9. The molecule has 0 saturated heterocycles. The van der Waals surface area contributed by atoms with Crippen LogP contribution >= 0.6 is 0 Å². The van der Waals surface area contributed by atoms with Crippen LogP contribution in [0.1, 0.15) is 12.8 Å². The smallest absolute Gasteiger partial charge is 0.339 e. The van der Waals surface area contributed by atoms with Crippen LogP contribution < -0.4 is 21.1 Å². The van der Waals surface area contributed by atoms with Gasteiger partial charge in [0.05, 0.1) is 17.6 Å². The van der Waals surface area contributed by atoms with E-state index in [-0.39, 0.29) is 11.7 Å². The predicted molar refractivity (Wildman–Crippen MR) is 161 cm³/mol. The standard InChI is InChI=1S/C31H30N8O3/c1-36(21-13-14-21)17-7-12-27(40)37(2)22-8-6-9-23(18-22)39-30-28(29(32)34-20-35-30)38(31(39)41)24-15-16-26(33-19-24)42-25-10-4-3-5-11-25/h3-12,15-16,18-21H,13-14,17H2,1-2H3,(H2,32,34,35)/b12-7+. The van der Waals surface area contributed by atoms with Crippen LogP contribution in [0.25, 0.3) is 22.5 Å². The summed E-state index contributed by atoms with van der Waals surface area (Å²) < 4.78 is 8.67. The molecule has 1 aliphatic rings. The minimum Gasteiger partial charge on any atom is -0.439 e. The van der Waals surface area contributed by atoms with Crippen molar-refractivity contribution < 1.29 is 9.53 Å². The second kappa shape index (κ2) is 11.3. The number of pyridine rings is 1. The molecule has 3 heterocycles. The summed E-state index contributed by atoms with van der Waals surface area (Å²) in [6.07, 6.45) is 8.73. The summed E-state index contributed by atoms with van der Waals surface area (Å²) in [6, 6.07) is 20.5. The van der Waals surface area contributed by atoms with E-state index in [0.717, 1.165) is 0 Å². The van der Waals surface area contributed by atoms with E-state index in [1.165, 1.54) is 34.5 Å². The Bertz CT molecular complexity index is 1830. The summed E-state index contributed by atoms with van der Waals surface area (Å²) in [5.74, 6) is 1.000. The van der Waals surface area contributed by atoms with Crippen molar-refractivity contribution in [3.8, 4) is 23.0 Å². The first kappa shape index (κ1) is 26.9. The number of ether oxygens (including phenoxy) is 1. The lowest BCUT2D eigenvalue weighted by Crippen LogP contribution is -2.26. The summed E-state index contributed by atoms with van der Waals surface area (Å²) in [5, 5.41) is 0. The number of imidazole rings is 1. The van der Waals surface area contributed by atoms with E-state index in [0.29, 0.717) is 52.4 Å². The molecule has 1 fully saturated rings. The van der Waals surface area contributed by atoms with E-state index < -0.39 is 5.69 Å². The van der Waals surface area contributed by atoms with E-state index in [9.17, 15) is 9.59 Å². The molecule has 5 aromatic rings. The zero-order valence-corrected chi connectivity index (χ0v) is 23.3. The Morgan fingerprint density at radius 1 is 1.00 bits per heavy atom. The SMILES string of the molecule is CN(C(=O)/C=C/CN(C)C1CC1)c1cccc(-n2c(=O)n(-c3ccc(Oc4ccccc4)nc3)c3c(N)ncnc32)c1. The molecule has 1 amide bonds. The van der Waals surface area contributed by atoms with Crippen molar-refractivity contribution in [2.24, 2.45) is 0 Å². The zero-order chi connectivity index (χ0) is 29.2. The van der Waals surface area contributed by atoms with Gasteiger partial charge in [0, 0.05) is 37.5 Å². The second-order valence-electron chi connectivity index (χ2n) is 10.1. The summed E-state index contributed by atoms with van der Waals surface area (Å²) in [7, 11) is 3.76. The highest BCUT2D eigenvalue weighted by Crippen LogP contribution is 2.27. The Morgan fingerprint density at radius 3 is 2.55 bits per heavy atom. The Hall–Kier alpha value is -5.29. The molecule has 0 bridgehead atoms. The van der Waals surface area contributed by atoms with Crippen molar-refractivity contribution in [3.63, 3.8) is 0 Å². The monoisotopic (exact) mass is 562 g/mol. The van der Waals surface area contributed by atoms with Gasteiger partial charge in [-0.2, -0.15) is 0 Å². The quantitative estimate of drug-likeness (QED) is 0.268. The molecule has 212 valence electrons. The van der Waals surface area contributed by atoms with Crippen LogP contribution in [0.5, 0.6) is 11.6 Å². The fourth-order valence-electron chi connectivity index (χ4n) is 4.76. The summed E-state index contributed by atoms with van der Waals surface area (Å²) >= 11 is 0. The number of para-hydroxylation sites is 1. The van der Waals surface area contributed by atoms with E-state index in [1.54, 1.807) is 48.4 Å². The fraction of sp³-hybridized carbons (Fsp3) is 0.194. The van der Waals surface area contributed by atoms with Crippen molar-refractivity contribution >= 4 is 28.6 Å². The molecular formula is C31H30N8O3. The minimum absolute atomic E-state index is 0.144. The third-order valence-electron chi connectivity index (χ3n) is 7.22. The Labute approximate surface area is 242 Å². The molecule has 3 aromatic heterocycles. The van der Waals surface area contributed by atoms with Gasteiger partial charge in [0.25, 0.3) is 0 Å². The number of nitrogen functional groups attached to an aromatic ring is 1. The molecule has 1 saturated carbocycles. The van der Waals surface area contributed by atoms with Gasteiger partial charge in [0.1, 0.15) is 17.6 Å². The van der Waals surface area contributed by atoms with Gasteiger partial charge in [0.15, 0.2) is 11.5 Å². The largest absolute Gasteiger partial charge is 0.439 e. The fourth-order valence-corrected chi connectivity index (χ4v) is 4.76. The molecule has 0 atom stereocenters. The molecule has 2 aromatic carbocycles. The number of nitrogens with zero attached hydrogens (tertiary/aromatic N) is 7. The minimum atomic E-state index is -0.412. The number of hydrogen-bond acceptors (Lipinski definition) is 8. The van der Waals surface area contributed by atoms with Crippen molar-refractivity contribution in [1.29, 1.82) is 0 Å². The van der Waals surface area contributed by atoms with Gasteiger partial charge < -0.3 is 15.4 Å². The maximum absolute atomic E-state index is 13.9. The number of carbonyl (C=O) groups is 1. The molecule has 2 N–H and O–H groups in total. The number of hydrogen-bond donors (Lipinski definition) is 1. The number of aromatic nitrogens is 5. The average Bonchev–Trinajstić information content (AvgIpc) is 3.81.